The molecule has 2 aliphatic heterocycles. The quantitative estimate of drug-likeness (QED) is 0.908. The van der Waals surface area contributed by atoms with E-state index in [1.54, 1.807) is 0 Å². The number of ether oxygens (including phenoxy) is 1. The van der Waals surface area contributed by atoms with E-state index >= 15 is 0 Å². The molecule has 0 radical (unpaired) electrons. The molecule has 2 fully saturated rings. The fourth-order valence-corrected chi connectivity index (χ4v) is 3.22. The number of rotatable bonds is 4. The summed E-state index contributed by atoms with van der Waals surface area (Å²) in [5.74, 6) is 1.36. The van der Waals surface area contributed by atoms with Crippen molar-refractivity contribution in [3.63, 3.8) is 0 Å². The Kier molecular flexibility index (Phi) is 4.47. The van der Waals surface area contributed by atoms with Crippen molar-refractivity contribution in [1.29, 1.82) is 0 Å². The number of aliphatic hydroxyl groups is 1. The molecule has 0 spiro atoms. The molecule has 0 aliphatic carbocycles. The Morgan fingerprint density at radius 1 is 1.30 bits per heavy atom. The second-order valence-corrected chi connectivity index (χ2v) is 5.72. The van der Waals surface area contributed by atoms with Crippen molar-refractivity contribution in [2.45, 2.75) is 44.1 Å². The van der Waals surface area contributed by atoms with Gasteiger partial charge in [0.25, 0.3) is 0 Å². The van der Waals surface area contributed by atoms with Gasteiger partial charge in [-0.25, -0.2) is 4.98 Å². The predicted octanol–water partition coefficient (Wildman–Crippen LogP) is 1.72. The highest BCUT2D eigenvalue weighted by Crippen LogP contribution is 2.28. The van der Waals surface area contributed by atoms with Crippen LogP contribution >= 0.6 is 0 Å². The molecule has 5 heteroatoms. The lowest BCUT2D eigenvalue weighted by Gasteiger charge is -2.36. The molecule has 2 saturated heterocycles. The molecule has 0 saturated carbocycles. The lowest BCUT2D eigenvalue weighted by molar-refractivity contribution is 0.193. The van der Waals surface area contributed by atoms with Crippen molar-refractivity contribution in [2.24, 2.45) is 0 Å². The van der Waals surface area contributed by atoms with Crippen molar-refractivity contribution in [3.05, 3.63) is 18.1 Å². The summed E-state index contributed by atoms with van der Waals surface area (Å²) in [6, 6.07) is 0.401. The third kappa shape index (κ3) is 2.94. The highest BCUT2D eigenvalue weighted by atomic mass is 16.5. The molecule has 5 nitrogen and oxygen atoms in total. The molecule has 3 heterocycles. The summed E-state index contributed by atoms with van der Waals surface area (Å²) >= 11 is 0. The van der Waals surface area contributed by atoms with Crippen LogP contribution in [0.4, 0.5) is 5.82 Å². The summed E-state index contributed by atoms with van der Waals surface area (Å²) in [5, 5.41) is 9.23. The summed E-state index contributed by atoms with van der Waals surface area (Å²) in [6.07, 6.45) is 9.16. The van der Waals surface area contributed by atoms with Crippen molar-refractivity contribution >= 4 is 5.82 Å². The summed E-state index contributed by atoms with van der Waals surface area (Å²) in [4.78, 5) is 11.5. The van der Waals surface area contributed by atoms with Gasteiger partial charge in [0.15, 0.2) is 0 Å². The Labute approximate surface area is 120 Å². The second kappa shape index (κ2) is 6.50. The third-order valence-corrected chi connectivity index (χ3v) is 4.37. The normalized spacial score (nSPS) is 26.9. The lowest BCUT2D eigenvalue weighted by atomic mass is 9.99. The maximum Gasteiger partial charge on any atom is 0.147 e. The van der Waals surface area contributed by atoms with Crippen LogP contribution in [0.15, 0.2) is 12.4 Å². The Balaban J connectivity index is 1.79. The van der Waals surface area contributed by atoms with Crippen molar-refractivity contribution in [3.8, 4) is 0 Å². The molecule has 2 aliphatic rings. The highest BCUT2D eigenvalue weighted by Gasteiger charge is 2.25. The van der Waals surface area contributed by atoms with Crippen LogP contribution in [-0.4, -0.2) is 47.5 Å². The summed E-state index contributed by atoms with van der Waals surface area (Å²) in [7, 11) is 0. The minimum Gasteiger partial charge on any atom is -0.396 e. The number of hydrogen-bond donors (Lipinski definition) is 1. The molecule has 0 amide bonds. The molecule has 0 aromatic carbocycles. The molecule has 1 aromatic rings. The van der Waals surface area contributed by atoms with Gasteiger partial charge in [-0.1, -0.05) is 0 Å². The van der Waals surface area contributed by atoms with Crippen molar-refractivity contribution < 1.29 is 9.84 Å². The molecule has 110 valence electrons. The molecule has 3 rings (SSSR count). The van der Waals surface area contributed by atoms with E-state index in [2.05, 4.69) is 9.88 Å². The first-order valence-electron chi connectivity index (χ1n) is 7.65. The van der Waals surface area contributed by atoms with Gasteiger partial charge in [0, 0.05) is 37.9 Å². The zero-order valence-electron chi connectivity index (χ0n) is 11.9. The maximum atomic E-state index is 9.23. The van der Waals surface area contributed by atoms with E-state index in [4.69, 9.17) is 9.72 Å². The number of aromatic nitrogens is 2. The van der Waals surface area contributed by atoms with E-state index in [-0.39, 0.29) is 6.61 Å². The Bertz CT molecular complexity index is 433. The molecular formula is C15H23N3O2. The number of anilines is 1. The van der Waals surface area contributed by atoms with Gasteiger partial charge in [0.2, 0.25) is 0 Å². The van der Waals surface area contributed by atoms with Gasteiger partial charge in [-0.05, 0) is 32.1 Å². The van der Waals surface area contributed by atoms with Gasteiger partial charge < -0.3 is 14.7 Å². The molecular weight excluding hydrogens is 254 g/mol. The van der Waals surface area contributed by atoms with Gasteiger partial charge in [-0.15, -0.1) is 0 Å². The monoisotopic (exact) mass is 277 g/mol. The first-order chi connectivity index (χ1) is 9.88. The van der Waals surface area contributed by atoms with Crippen molar-refractivity contribution in [1.82, 2.24) is 9.97 Å². The Hall–Kier alpha value is -1.20. The van der Waals surface area contributed by atoms with E-state index in [0.29, 0.717) is 12.0 Å². The fraction of sp³-hybridized carbons (Fsp3) is 0.733. The Morgan fingerprint density at radius 2 is 2.25 bits per heavy atom. The smallest absolute Gasteiger partial charge is 0.147 e. The van der Waals surface area contributed by atoms with E-state index in [1.807, 2.05) is 12.4 Å². The second-order valence-electron chi connectivity index (χ2n) is 5.72. The van der Waals surface area contributed by atoms with Crippen LogP contribution in [0.2, 0.25) is 0 Å². The first kappa shape index (κ1) is 13.8. The van der Waals surface area contributed by atoms with E-state index < -0.39 is 0 Å². The molecule has 1 aromatic heterocycles. The standard InChI is InChI=1S/C15H23N3O2/c19-7-4-13-3-1-2-6-18(13)15-10-16-9-14(17-15)12-5-8-20-11-12/h9-10,12-13,19H,1-8,11H2. The van der Waals surface area contributed by atoms with Crippen LogP contribution in [0.5, 0.6) is 0 Å². The van der Waals surface area contributed by atoms with Crippen LogP contribution < -0.4 is 4.90 Å². The van der Waals surface area contributed by atoms with Crippen LogP contribution in [0, 0.1) is 0 Å². The highest BCUT2D eigenvalue weighted by molar-refractivity contribution is 5.39. The molecule has 0 bridgehead atoms. The van der Waals surface area contributed by atoms with Crippen molar-refractivity contribution in [2.75, 3.05) is 31.3 Å². The molecule has 20 heavy (non-hydrogen) atoms. The fourth-order valence-electron chi connectivity index (χ4n) is 3.22. The third-order valence-electron chi connectivity index (χ3n) is 4.37. The largest absolute Gasteiger partial charge is 0.396 e. The zero-order chi connectivity index (χ0) is 13.8. The van der Waals surface area contributed by atoms with Gasteiger partial charge in [0.05, 0.1) is 18.5 Å². The zero-order valence-corrected chi connectivity index (χ0v) is 11.9. The molecule has 2 atom stereocenters. The number of nitrogens with zero attached hydrogens (tertiary/aromatic N) is 3. The predicted molar refractivity (Wildman–Crippen MR) is 76.9 cm³/mol. The molecule has 1 N–H and O–H groups in total. The van der Waals surface area contributed by atoms with Gasteiger partial charge >= 0.3 is 0 Å². The topological polar surface area (TPSA) is 58.5 Å². The van der Waals surface area contributed by atoms with Crippen LogP contribution in [-0.2, 0) is 4.74 Å². The van der Waals surface area contributed by atoms with Crippen LogP contribution in [0.1, 0.15) is 43.7 Å². The minimum atomic E-state index is 0.241. The van der Waals surface area contributed by atoms with E-state index in [0.717, 1.165) is 50.5 Å². The van der Waals surface area contributed by atoms with Crippen LogP contribution in [0.25, 0.3) is 0 Å². The van der Waals surface area contributed by atoms with E-state index in [1.165, 1.54) is 12.8 Å². The minimum absolute atomic E-state index is 0.241. The Morgan fingerprint density at radius 3 is 3.05 bits per heavy atom. The van der Waals surface area contributed by atoms with Gasteiger partial charge in [-0.3, -0.25) is 4.98 Å². The summed E-state index contributed by atoms with van der Waals surface area (Å²) in [5.41, 5.74) is 1.05. The lowest BCUT2D eigenvalue weighted by Crippen LogP contribution is -2.40. The average Bonchev–Trinajstić information content (AvgIpc) is 3.03. The van der Waals surface area contributed by atoms with Crippen LogP contribution in [0.3, 0.4) is 0 Å². The number of aliphatic hydroxyl groups excluding tert-OH is 1. The van der Waals surface area contributed by atoms with E-state index in [9.17, 15) is 5.11 Å². The average molecular weight is 277 g/mol. The van der Waals surface area contributed by atoms with Gasteiger partial charge in [0.1, 0.15) is 5.82 Å². The first-order valence-corrected chi connectivity index (χ1v) is 7.65. The SMILES string of the molecule is OCCC1CCCCN1c1cncc(C2CCOC2)n1. The van der Waals surface area contributed by atoms with Gasteiger partial charge in [-0.2, -0.15) is 0 Å². The molecule has 2 unspecified atom stereocenters. The maximum absolute atomic E-state index is 9.23. The summed E-state index contributed by atoms with van der Waals surface area (Å²) < 4.78 is 5.44. The summed E-state index contributed by atoms with van der Waals surface area (Å²) in [6.45, 7) is 2.85. The number of piperidine rings is 1. The number of hydrogen-bond acceptors (Lipinski definition) is 5.